The van der Waals surface area contributed by atoms with Crippen LogP contribution in [-0.4, -0.2) is 39.9 Å². The number of amides is 2. The van der Waals surface area contributed by atoms with Gasteiger partial charge in [-0.25, -0.2) is 4.98 Å². The second-order valence-corrected chi connectivity index (χ2v) is 4.45. The Balaban J connectivity index is 2.22. The van der Waals surface area contributed by atoms with E-state index in [0.29, 0.717) is 19.5 Å². The number of imidazole rings is 1. The number of hydrogen-bond acceptors (Lipinski definition) is 3. The molecule has 1 aromatic heterocycles. The van der Waals surface area contributed by atoms with E-state index in [9.17, 15) is 9.59 Å². The first-order chi connectivity index (χ1) is 8.67. The van der Waals surface area contributed by atoms with Crippen molar-refractivity contribution in [3.63, 3.8) is 0 Å². The Morgan fingerprint density at radius 2 is 2.33 bits per heavy atom. The van der Waals surface area contributed by atoms with Crippen molar-refractivity contribution in [1.82, 2.24) is 19.8 Å². The Labute approximate surface area is 106 Å². The van der Waals surface area contributed by atoms with Gasteiger partial charge in [0.25, 0.3) is 0 Å². The molecular formula is C12H18N4O2. The molecule has 6 heteroatoms. The molecule has 6 nitrogen and oxygen atoms in total. The smallest absolute Gasteiger partial charge is 0.244 e. The van der Waals surface area contributed by atoms with E-state index in [0.717, 1.165) is 12.1 Å². The van der Waals surface area contributed by atoms with Gasteiger partial charge in [0.15, 0.2) is 0 Å². The van der Waals surface area contributed by atoms with E-state index in [1.807, 2.05) is 11.5 Å². The fourth-order valence-corrected chi connectivity index (χ4v) is 2.23. The lowest BCUT2D eigenvalue weighted by Crippen LogP contribution is -2.45. The second-order valence-electron chi connectivity index (χ2n) is 4.45. The Hall–Kier alpha value is -1.85. The number of nitrogens with one attached hydrogen (secondary N) is 1. The van der Waals surface area contributed by atoms with Crippen LogP contribution in [0.25, 0.3) is 0 Å². The minimum atomic E-state index is -0.373. The number of carbonyl (C=O) groups excluding carboxylic acids is 2. The normalized spacial score (nSPS) is 18.3. The summed E-state index contributed by atoms with van der Waals surface area (Å²) in [6.07, 6.45) is 4.70. The van der Waals surface area contributed by atoms with Gasteiger partial charge in [-0.15, -0.1) is 0 Å². The average molecular weight is 250 g/mol. The van der Waals surface area contributed by atoms with E-state index >= 15 is 0 Å². The van der Waals surface area contributed by atoms with Gasteiger partial charge in [-0.3, -0.25) is 9.59 Å². The second kappa shape index (κ2) is 5.20. The molecule has 2 rings (SSSR count). The van der Waals surface area contributed by atoms with Crippen LogP contribution < -0.4 is 5.32 Å². The van der Waals surface area contributed by atoms with E-state index in [1.54, 1.807) is 24.5 Å². The monoisotopic (exact) mass is 250 g/mol. The number of hydrogen-bond donors (Lipinski definition) is 1. The molecule has 0 unspecified atom stereocenters. The van der Waals surface area contributed by atoms with Gasteiger partial charge in [0.1, 0.15) is 6.04 Å². The molecule has 98 valence electrons. The Morgan fingerprint density at radius 3 is 3.00 bits per heavy atom. The molecule has 0 aromatic carbocycles. The fourth-order valence-electron chi connectivity index (χ4n) is 2.23. The van der Waals surface area contributed by atoms with Gasteiger partial charge >= 0.3 is 0 Å². The highest BCUT2D eigenvalue weighted by molar-refractivity contribution is 5.82. The zero-order valence-corrected chi connectivity index (χ0v) is 10.7. The Morgan fingerprint density at radius 1 is 1.56 bits per heavy atom. The Bertz CT molecular complexity index is 455. The van der Waals surface area contributed by atoms with Crippen LogP contribution in [0, 0.1) is 0 Å². The van der Waals surface area contributed by atoms with Crippen molar-refractivity contribution in [2.45, 2.75) is 32.4 Å². The zero-order chi connectivity index (χ0) is 13.1. The molecule has 0 aliphatic carbocycles. The predicted molar refractivity (Wildman–Crippen MR) is 65.7 cm³/mol. The molecule has 0 radical (unpaired) electrons. The minimum absolute atomic E-state index is 0.0942. The highest BCUT2D eigenvalue weighted by Crippen LogP contribution is 2.21. The number of fused-ring (bicyclic) bond motifs is 1. The molecule has 0 fully saturated rings. The molecule has 2 heterocycles. The van der Waals surface area contributed by atoms with Crippen LogP contribution in [0.3, 0.4) is 0 Å². The number of rotatable bonds is 3. The molecule has 0 bridgehead atoms. The molecule has 1 N–H and O–H groups in total. The van der Waals surface area contributed by atoms with Crippen LogP contribution in [0.15, 0.2) is 12.5 Å². The summed E-state index contributed by atoms with van der Waals surface area (Å²) in [6, 6.07) is -0.373. The highest BCUT2D eigenvalue weighted by atomic mass is 16.2. The van der Waals surface area contributed by atoms with Crippen LogP contribution in [0.5, 0.6) is 0 Å². The molecule has 0 saturated heterocycles. The maximum Gasteiger partial charge on any atom is 0.244 e. The standard InChI is InChI=1S/C12H18N4O2/c1-3-4-11(17)15-6-9-5-14-8-16(9)10(7-15)12(18)13-2/h5,8,10H,3-4,6-7H2,1-2H3,(H,13,18)/t10-/m0/s1. The minimum Gasteiger partial charge on any atom is -0.357 e. The maximum absolute atomic E-state index is 12.0. The fraction of sp³-hybridized carbons (Fsp3) is 0.583. The molecule has 1 aromatic rings. The Kier molecular flexibility index (Phi) is 3.64. The maximum atomic E-state index is 12.0. The summed E-state index contributed by atoms with van der Waals surface area (Å²) in [7, 11) is 1.60. The van der Waals surface area contributed by atoms with Crippen molar-refractivity contribution in [3.8, 4) is 0 Å². The third-order valence-corrected chi connectivity index (χ3v) is 3.19. The van der Waals surface area contributed by atoms with Crippen molar-refractivity contribution < 1.29 is 9.59 Å². The number of likely N-dealkylation sites (N-methyl/N-ethyl adjacent to an activating group) is 1. The summed E-state index contributed by atoms with van der Waals surface area (Å²) in [5.74, 6) is 0.00195. The lowest BCUT2D eigenvalue weighted by Gasteiger charge is -2.33. The van der Waals surface area contributed by atoms with E-state index < -0.39 is 0 Å². The zero-order valence-electron chi connectivity index (χ0n) is 10.7. The van der Waals surface area contributed by atoms with Gasteiger partial charge in [-0.1, -0.05) is 6.92 Å². The molecule has 1 aliphatic heterocycles. The number of aromatic nitrogens is 2. The van der Waals surface area contributed by atoms with Crippen molar-refractivity contribution in [2.24, 2.45) is 0 Å². The van der Waals surface area contributed by atoms with Crippen molar-refractivity contribution in [2.75, 3.05) is 13.6 Å². The highest BCUT2D eigenvalue weighted by Gasteiger charge is 2.31. The third-order valence-electron chi connectivity index (χ3n) is 3.19. The number of carbonyl (C=O) groups is 2. The molecule has 1 atom stereocenters. The van der Waals surface area contributed by atoms with Gasteiger partial charge in [0.05, 0.1) is 25.1 Å². The van der Waals surface area contributed by atoms with Crippen molar-refractivity contribution in [3.05, 3.63) is 18.2 Å². The molecule has 0 saturated carbocycles. The number of nitrogens with zero attached hydrogens (tertiary/aromatic N) is 3. The van der Waals surface area contributed by atoms with Crippen LogP contribution in [0.2, 0.25) is 0 Å². The predicted octanol–water partition coefficient (Wildman–Crippen LogP) is 0.312. The summed E-state index contributed by atoms with van der Waals surface area (Å²) in [5.41, 5.74) is 0.902. The molecule has 1 aliphatic rings. The van der Waals surface area contributed by atoms with E-state index in [1.165, 1.54) is 0 Å². The van der Waals surface area contributed by atoms with Gasteiger partial charge in [-0.05, 0) is 6.42 Å². The largest absolute Gasteiger partial charge is 0.357 e. The first-order valence-corrected chi connectivity index (χ1v) is 6.17. The van der Waals surface area contributed by atoms with E-state index in [-0.39, 0.29) is 17.9 Å². The molecular weight excluding hydrogens is 232 g/mol. The van der Waals surface area contributed by atoms with Gasteiger partial charge in [-0.2, -0.15) is 0 Å². The summed E-state index contributed by atoms with van der Waals surface area (Å²) < 4.78 is 1.84. The van der Waals surface area contributed by atoms with Crippen LogP contribution in [0.1, 0.15) is 31.5 Å². The molecule has 0 spiro atoms. The summed E-state index contributed by atoms with van der Waals surface area (Å²) in [5, 5.41) is 2.63. The molecule has 2 amide bonds. The summed E-state index contributed by atoms with van der Waals surface area (Å²) in [4.78, 5) is 29.6. The topological polar surface area (TPSA) is 67.2 Å². The van der Waals surface area contributed by atoms with Crippen molar-refractivity contribution in [1.29, 1.82) is 0 Å². The van der Waals surface area contributed by atoms with Crippen LogP contribution >= 0.6 is 0 Å². The first-order valence-electron chi connectivity index (χ1n) is 6.17. The third kappa shape index (κ3) is 2.23. The first kappa shape index (κ1) is 12.6. The lowest BCUT2D eigenvalue weighted by atomic mass is 10.1. The van der Waals surface area contributed by atoms with E-state index in [2.05, 4.69) is 10.3 Å². The van der Waals surface area contributed by atoms with Gasteiger partial charge in [0.2, 0.25) is 11.8 Å². The van der Waals surface area contributed by atoms with E-state index in [4.69, 9.17) is 0 Å². The van der Waals surface area contributed by atoms with Gasteiger partial charge < -0.3 is 14.8 Å². The summed E-state index contributed by atoms with van der Waals surface area (Å²) in [6.45, 7) is 2.93. The van der Waals surface area contributed by atoms with Crippen LogP contribution in [0.4, 0.5) is 0 Å². The molecule has 18 heavy (non-hydrogen) atoms. The van der Waals surface area contributed by atoms with Crippen LogP contribution in [-0.2, 0) is 16.1 Å². The average Bonchev–Trinajstić information content (AvgIpc) is 2.85. The SMILES string of the molecule is CCCC(=O)N1Cc2cncn2[C@H](C(=O)NC)C1. The van der Waals surface area contributed by atoms with Gasteiger partial charge in [0, 0.05) is 19.7 Å². The lowest BCUT2D eigenvalue weighted by molar-refractivity contribution is -0.135. The summed E-state index contributed by atoms with van der Waals surface area (Å²) >= 11 is 0. The van der Waals surface area contributed by atoms with Crippen molar-refractivity contribution >= 4 is 11.8 Å². The quantitative estimate of drug-likeness (QED) is 0.839.